The van der Waals surface area contributed by atoms with Gasteiger partial charge < -0.3 is 15.1 Å². The summed E-state index contributed by atoms with van der Waals surface area (Å²) in [7, 11) is 0. The van der Waals surface area contributed by atoms with Crippen LogP contribution >= 0.6 is 0 Å². The number of benzene rings is 2. The van der Waals surface area contributed by atoms with E-state index in [4.69, 9.17) is 4.42 Å². The topological polar surface area (TPSA) is 114 Å². The number of non-ortho nitro benzene ring substituents is 1. The fraction of sp³-hybridized carbons (Fsp3) is 0.0526. The van der Waals surface area contributed by atoms with Gasteiger partial charge in [0.15, 0.2) is 5.76 Å². The first-order valence-corrected chi connectivity index (χ1v) is 7.95. The van der Waals surface area contributed by atoms with E-state index in [0.29, 0.717) is 22.5 Å². The van der Waals surface area contributed by atoms with Crippen LogP contribution in [0.2, 0.25) is 0 Å². The Labute approximate surface area is 154 Å². The van der Waals surface area contributed by atoms with Gasteiger partial charge >= 0.3 is 0 Å². The fourth-order valence-corrected chi connectivity index (χ4v) is 2.36. The lowest BCUT2D eigenvalue weighted by atomic mass is 10.1. The van der Waals surface area contributed by atoms with Crippen molar-refractivity contribution in [3.8, 4) is 0 Å². The van der Waals surface area contributed by atoms with Crippen LogP contribution in [0.1, 0.15) is 26.5 Å². The van der Waals surface area contributed by atoms with Gasteiger partial charge in [-0.25, -0.2) is 0 Å². The van der Waals surface area contributed by atoms with E-state index >= 15 is 0 Å². The molecule has 0 spiro atoms. The lowest BCUT2D eigenvalue weighted by Gasteiger charge is -2.09. The van der Waals surface area contributed by atoms with Gasteiger partial charge in [0, 0.05) is 23.4 Å². The Balaban J connectivity index is 1.70. The maximum Gasteiger partial charge on any atom is 0.291 e. The molecular weight excluding hydrogens is 350 g/mol. The van der Waals surface area contributed by atoms with E-state index in [-0.39, 0.29) is 11.4 Å². The first kappa shape index (κ1) is 17.9. The van der Waals surface area contributed by atoms with Gasteiger partial charge in [-0.15, -0.1) is 0 Å². The molecule has 0 fully saturated rings. The van der Waals surface area contributed by atoms with Gasteiger partial charge in [-0.1, -0.05) is 6.07 Å². The molecule has 1 heterocycles. The zero-order valence-corrected chi connectivity index (χ0v) is 14.3. The van der Waals surface area contributed by atoms with Crippen molar-refractivity contribution in [1.82, 2.24) is 0 Å². The highest BCUT2D eigenvalue weighted by Gasteiger charge is 2.13. The highest BCUT2D eigenvalue weighted by molar-refractivity contribution is 6.06. The molecule has 0 aliphatic rings. The molecule has 2 aromatic carbocycles. The normalized spacial score (nSPS) is 10.3. The van der Waals surface area contributed by atoms with Crippen molar-refractivity contribution in [2.24, 2.45) is 0 Å². The van der Waals surface area contributed by atoms with Crippen LogP contribution in [-0.4, -0.2) is 16.7 Å². The van der Waals surface area contributed by atoms with Gasteiger partial charge in [0.25, 0.3) is 17.5 Å². The number of furan rings is 1. The summed E-state index contributed by atoms with van der Waals surface area (Å²) in [6, 6.07) is 13.6. The number of nitrogens with zero attached hydrogens (tertiary/aromatic N) is 1. The second-order valence-electron chi connectivity index (χ2n) is 5.72. The van der Waals surface area contributed by atoms with Crippen LogP contribution in [0.25, 0.3) is 0 Å². The molecule has 0 saturated heterocycles. The lowest BCUT2D eigenvalue weighted by molar-refractivity contribution is -0.384. The Morgan fingerprint density at radius 1 is 1.00 bits per heavy atom. The summed E-state index contributed by atoms with van der Waals surface area (Å²) in [6.45, 7) is 1.74. The molecule has 3 aromatic rings. The minimum absolute atomic E-state index is 0.105. The number of rotatable bonds is 5. The standard InChI is InChI=1S/C19H15N3O5/c1-12-4-9-15(22(25)26)11-16(12)21-18(23)13-5-7-14(8-6-13)20-19(24)17-3-2-10-27-17/h2-11H,1H3,(H,20,24)(H,21,23). The summed E-state index contributed by atoms with van der Waals surface area (Å²) in [4.78, 5) is 34.7. The minimum atomic E-state index is -0.522. The monoisotopic (exact) mass is 365 g/mol. The highest BCUT2D eigenvalue weighted by atomic mass is 16.6. The van der Waals surface area contributed by atoms with E-state index in [1.54, 1.807) is 49.4 Å². The summed E-state index contributed by atoms with van der Waals surface area (Å²) in [5, 5.41) is 16.2. The van der Waals surface area contributed by atoms with Crippen molar-refractivity contribution in [3.05, 3.63) is 87.9 Å². The SMILES string of the molecule is Cc1ccc([N+](=O)[O-])cc1NC(=O)c1ccc(NC(=O)c2ccco2)cc1. The number of carbonyl (C=O) groups is 2. The van der Waals surface area contributed by atoms with Gasteiger partial charge in [-0.3, -0.25) is 19.7 Å². The summed E-state index contributed by atoms with van der Waals surface area (Å²) in [6.07, 6.45) is 1.40. The second-order valence-corrected chi connectivity index (χ2v) is 5.72. The molecule has 0 saturated carbocycles. The smallest absolute Gasteiger partial charge is 0.291 e. The molecule has 0 atom stereocenters. The maximum atomic E-state index is 12.4. The third-order valence-corrected chi connectivity index (χ3v) is 3.83. The Morgan fingerprint density at radius 2 is 1.74 bits per heavy atom. The molecule has 3 rings (SSSR count). The predicted octanol–water partition coefficient (Wildman–Crippen LogP) is 4.00. The van der Waals surface area contributed by atoms with Crippen molar-refractivity contribution < 1.29 is 18.9 Å². The van der Waals surface area contributed by atoms with Crippen molar-refractivity contribution in [1.29, 1.82) is 0 Å². The molecule has 0 bridgehead atoms. The summed E-state index contributed by atoms with van der Waals surface area (Å²) >= 11 is 0. The molecule has 136 valence electrons. The van der Waals surface area contributed by atoms with Gasteiger partial charge in [-0.2, -0.15) is 0 Å². The van der Waals surface area contributed by atoms with Crippen LogP contribution in [0.3, 0.4) is 0 Å². The van der Waals surface area contributed by atoms with E-state index in [1.807, 2.05) is 0 Å². The number of nitrogens with one attached hydrogen (secondary N) is 2. The average molecular weight is 365 g/mol. The Kier molecular flexibility index (Phi) is 4.98. The fourth-order valence-electron chi connectivity index (χ4n) is 2.36. The van der Waals surface area contributed by atoms with Crippen LogP contribution in [0.4, 0.5) is 17.1 Å². The van der Waals surface area contributed by atoms with Gasteiger partial charge in [0.2, 0.25) is 0 Å². The molecular formula is C19H15N3O5. The average Bonchev–Trinajstić information content (AvgIpc) is 3.18. The van der Waals surface area contributed by atoms with E-state index in [2.05, 4.69) is 10.6 Å². The van der Waals surface area contributed by atoms with Crippen LogP contribution in [-0.2, 0) is 0 Å². The van der Waals surface area contributed by atoms with Crippen LogP contribution in [0.15, 0.2) is 65.3 Å². The van der Waals surface area contributed by atoms with Crippen molar-refractivity contribution in [2.45, 2.75) is 6.92 Å². The third kappa shape index (κ3) is 4.18. The molecule has 0 radical (unpaired) electrons. The molecule has 27 heavy (non-hydrogen) atoms. The molecule has 2 amide bonds. The molecule has 8 nitrogen and oxygen atoms in total. The third-order valence-electron chi connectivity index (χ3n) is 3.83. The summed E-state index contributed by atoms with van der Waals surface area (Å²) in [5.41, 5.74) is 1.81. The molecule has 0 aliphatic carbocycles. The van der Waals surface area contributed by atoms with Crippen LogP contribution in [0, 0.1) is 17.0 Å². The molecule has 0 unspecified atom stereocenters. The second kappa shape index (κ2) is 7.52. The summed E-state index contributed by atoms with van der Waals surface area (Å²) < 4.78 is 5.01. The number of hydrogen-bond acceptors (Lipinski definition) is 5. The first-order valence-electron chi connectivity index (χ1n) is 7.95. The summed E-state index contributed by atoms with van der Waals surface area (Å²) in [5.74, 6) is -0.634. The number of nitro benzene ring substituents is 1. The van der Waals surface area contributed by atoms with Crippen LogP contribution < -0.4 is 10.6 Å². The quantitative estimate of drug-likeness (QED) is 0.524. The highest BCUT2D eigenvalue weighted by Crippen LogP contribution is 2.22. The number of amides is 2. The Bertz CT molecular complexity index is 995. The van der Waals surface area contributed by atoms with E-state index in [1.165, 1.54) is 18.4 Å². The Hall–Kier alpha value is -3.94. The zero-order valence-electron chi connectivity index (χ0n) is 14.3. The number of aryl methyl sites for hydroxylation is 1. The molecule has 8 heteroatoms. The van der Waals surface area contributed by atoms with Gasteiger partial charge in [0.1, 0.15) is 0 Å². The zero-order chi connectivity index (χ0) is 19.4. The van der Waals surface area contributed by atoms with Crippen LogP contribution in [0.5, 0.6) is 0 Å². The Morgan fingerprint density at radius 3 is 2.37 bits per heavy atom. The number of anilines is 2. The molecule has 0 aliphatic heterocycles. The largest absolute Gasteiger partial charge is 0.459 e. The van der Waals surface area contributed by atoms with Crippen molar-refractivity contribution in [2.75, 3.05) is 10.6 Å². The number of hydrogen-bond donors (Lipinski definition) is 2. The maximum absolute atomic E-state index is 12.4. The number of carbonyl (C=O) groups excluding carboxylic acids is 2. The number of nitro groups is 1. The minimum Gasteiger partial charge on any atom is -0.459 e. The van der Waals surface area contributed by atoms with Crippen molar-refractivity contribution in [3.63, 3.8) is 0 Å². The van der Waals surface area contributed by atoms with E-state index in [0.717, 1.165) is 0 Å². The van der Waals surface area contributed by atoms with Gasteiger partial charge in [0.05, 0.1) is 16.9 Å². The van der Waals surface area contributed by atoms with Gasteiger partial charge in [-0.05, 0) is 48.9 Å². The van der Waals surface area contributed by atoms with Crippen molar-refractivity contribution >= 4 is 28.9 Å². The van der Waals surface area contributed by atoms with E-state index < -0.39 is 16.7 Å². The predicted molar refractivity (Wildman–Crippen MR) is 98.9 cm³/mol. The lowest BCUT2D eigenvalue weighted by Crippen LogP contribution is -2.14. The molecule has 2 N–H and O–H groups in total. The first-order chi connectivity index (χ1) is 12.9. The van der Waals surface area contributed by atoms with E-state index in [9.17, 15) is 19.7 Å². The molecule has 1 aromatic heterocycles.